The van der Waals surface area contributed by atoms with Gasteiger partial charge in [-0.3, -0.25) is 0 Å². The minimum atomic E-state index is -0.904. The molecule has 0 radical (unpaired) electrons. The minimum absolute atomic E-state index is 0.606. The third-order valence-electron chi connectivity index (χ3n) is 2.73. The SMILES string of the molecule is COCCNCCC(C)(O)c1ccccc1Cl. The van der Waals surface area contributed by atoms with Gasteiger partial charge in [0.15, 0.2) is 0 Å². The number of methoxy groups -OCH3 is 1. The number of ether oxygens (including phenoxy) is 1. The first-order chi connectivity index (χ1) is 8.08. The van der Waals surface area contributed by atoms with Crippen LogP contribution in [0, 0.1) is 0 Å². The second-order valence-corrected chi connectivity index (χ2v) is 4.65. The summed E-state index contributed by atoms with van der Waals surface area (Å²) in [7, 11) is 1.67. The van der Waals surface area contributed by atoms with E-state index in [-0.39, 0.29) is 0 Å². The number of hydrogen-bond acceptors (Lipinski definition) is 3. The highest BCUT2D eigenvalue weighted by Crippen LogP contribution is 2.29. The first-order valence-corrected chi connectivity index (χ1v) is 6.13. The Morgan fingerprint density at radius 2 is 2.06 bits per heavy atom. The maximum atomic E-state index is 10.4. The van der Waals surface area contributed by atoms with E-state index in [4.69, 9.17) is 16.3 Å². The summed E-state index contributed by atoms with van der Waals surface area (Å²) < 4.78 is 4.93. The zero-order chi connectivity index (χ0) is 12.7. The first kappa shape index (κ1) is 14.5. The Bertz CT molecular complexity index is 342. The molecule has 0 aliphatic carbocycles. The van der Waals surface area contributed by atoms with Crippen molar-refractivity contribution < 1.29 is 9.84 Å². The lowest BCUT2D eigenvalue weighted by Crippen LogP contribution is -2.29. The van der Waals surface area contributed by atoms with Crippen LogP contribution in [0.1, 0.15) is 18.9 Å². The normalized spacial score (nSPS) is 14.6. The van der Waals surface area contributed by atoms with Crippen LogP contribution in [0.3, 0.4) is 0 Å². The smallest absolute Gasteiger partial charge is 0.0895 e. The van der Waals surface area contributed by atoms with Crippen molar-refractivity contribution in [3.63, 3.8) is 0 Å². The highest BCUT2D eigenvalue weighted by atomic mass is 35.5. The van der Waals surface area contributed by atoms with E-state index in [2.05, 4.69) is 5.32 Å². The molecule has 96 valence electrons. The summed E-state index contributed by atoms with van der Waals surface area (Å²) in [6.45, 7) is 3.97. The molecule has 1 aromatic rings. The van der Waals surface area contributed by atoms with Crippen molar-refractivity contribution in [1.29, 1.82) is 0 Å². The molecule has 3 nitrogen and oxygen atoms in total. The van der Waals surface area contributed by atoms with Gasteiger partial charge in [-0.25, -0.2) is 0 Å². The summed E-state index contributed by atoms with van der Waals surface area (Å²) in [6, 6.07) is 7.40. The quantitative estimate of drug-likeness (QED) is 0.736. The van der Waals surface area contributed by atoms with Crippen LogP contribution in [0.4, 0.5) is 0 Å². The standard InChI is InChI=1S/C13H20ClNO2/c1-13(16,7-8-15-9-10-17-2)11-5-3-4-6-12(11)14/h3-6,15-16H,7-10H2,1-2H3. The molecule has 0 saturated carbocycles. The molecule has 1 aromatic carbocycles. The lowest BCUT2D eigenvalue weighted by Gasteiger charge is -2.25. The Morgan fingerprint density at radius 1 is 1.35 bits per heavy atom. The van der Waals surface area contributed by atoms with Crippen molar-refractivity contribution in [2.45, 2.75) is 18.9 Å². The third-order valence-corrected chi connectivity index (χ3v) is 3.06. The van der Waals surface area contributed by atoms with Gasteiger partial charge in [-0.1, -0.05) is 29.8 Å². The summed E-state index contributed by atoms with van der Waals surface area (Å²) in [6.07, 6.45) is 0.612. The Labute approximate surface area is 108 Å². The van der Waals surface area contributed by atoms with E-state index in [1.807, 2.05) is 18.2 Å². The molecule has 4 heteroatoms. The lowest BCUT2D eigenvalue weighted by atomic mass is 9.92. The van der Waals surface area contributed by atoms with Crippen molar-refractivity contribution in [3.05, 3.63) is 34.9 Å². The van der Waals surface area contributed by atoms with Gasteiger partial charge >= 0.3 is 0 Å². The molecule has 0 spiro atoms. The molecular weight excluding hydrogens is 238 g/mol. The average molecular weight is 258 g/mol. The van der Waals surface area contributed by atoms with Gasteiger partial charge in [-0.2, -0.15) is 0 Å². The third kappa shape index (κ3) is 4.64. The first-order valence-electron chi connectivity index (χ1n) is 5.75. The van der Waals surface area contributed by atoms with E-state index in [1.54, 1.807) is 20.1 Å². The van der Waals surface area contributed by atoms with Gasteiger partial charge in [-0.05, 0) is 26.0 Å². The van der Waals surface area contributed by atoms with Crippen LogP contribution < -0.4 is 5.32 Å². The zero-order valence-corrected chi connectivity index (χ0v) is 11.1. The van der Waals surface area contributed by atoms with Crippen LogP contribution >= 0.6 is 11.6 Å². The fraction of sp³-hybridized carbons (Fsp3) is 0.538. The van der Waals surface area contributed by atoms with Crippen LogP contribution in [0.15, 0.2) is 24.3 Å². The molecule has 1 rings (SSSR count). The predicted octanol–water partition coefficient (Wildman–Crippen LogP) is 2.17. The van der Waals surface area contributed by atoms with Crippen molar-refractivity contribution in [1.82, 2.24) is 5.32 Å². The molecule has 0 aromatic heterocycles. The monoisotopic (exact) mass is 257 g/mol. The molecule has 0 amide bonds. The number of benzene rings is 1. The maximum absolute atomic E-state index is 10.4. The second kappa shape index (κ2) is 6.97. The number of nitrogens with one attached hydrogen (secondary N) is 1. The Morgan fingerprint density at radius 3 is 2.71 bits per heavy atom. The fourth-order valence-corrected chi connectivity index (χ4v) is 2.00. The van der Waals surface area contributed by atoms with Gasteiger partial charge in [0, 0.05) is 24.2 Å². The summed E-state index contributed by atoms with van der Waals surface area (Å²) in [5, 5.41) is 14.2. The van der Waals surface area contributed by atoms with Gasteiger partial charge in [0.25, 0.3) is 0 Å². The summed E-state index contributed by atoms with van der Waals surface area (Å²) in [5.41, 5.74) is -0.131. The molecule has 0 aliphatic heterocycles. The Kier molecular flexibility index (Phi) is 5.92. The number of hydrogen-bond donors (Lipinski definition) is 2. The maximum Gasteiger partial charge on any atom is 0.0895 e. The van der Waals surface area contributed by atoms with Crippen molar-refractivity contribution in [3.8, 4) is 0 Å². The molecule has 1 atom stereocenters. The van der Waals surface area contributed by atoms with E-state index >= 15 is 0 Å². The predicted molar refractivity (Wildman–Crippen MR) is 70.4 cm³/mol. The summed E-state index contributed by atoms with van der Waals surface area (Å²) in [4.78, 5) is 0. The molecule has 2 N–H and O–H groups in total. The summed E-state index contributed by atoms with van der Waals surface area (Å²) in [5.74, 6) is 0. The Hall–Kier alpha value is -0.610. The van der Waals surface area contributed by atoms with E-state index in [1.165, 1.54) is 0 Å². The molecular formula is C13H20ClNO2. The molecule has 1 unspecified atom stereocenters. The summed E-state index contributed by atoms with van der Waals surface area (Å²) >= 11 is 6.07. The van der Waals surface area contributed by atoms with E-state index in [0.717, 1.165) is 18.7 Å². The molecule has 0 fully saturated rings. The fourth-order valence-electron chi connectivity index (χ4n) is 1.66. The van der Waals surface area contributed by atoms with Gasteiger partial charge in [0.1, 0.15) is 0 Å². The van der Waals surface area contributed by atoms with Crippen molar-refractivity contribution in [2.24, 2.45) is 0 Å². The second-order valence-electron chi connectivity index (χ2n) is 4.25. The van der Waals surface area contributed by atoms with E-state index in [9.17, 15) is 5.11 Å². The minimum Gasteiger partial charge on any atom is -0.385 e. The van der Waals surface area contributed by atoms with Gasteiger partial charge in [-0.15, -0.1) is 0 Å². The molecule has 0 bridgehead atoms. The van der Waals surface area contributed by atoms with Crippen LogP contribution in [-0.4, -0.2) is 31.9 Å². The molecule has 17 heavy (non-hydrogen) atoms. The molecule has 0 saturated heterocycles. The average Bonchev–Trinajstić information content (AvgIpc) is 2.29. The topological polar surface area (TPSA) is 41.5 Å². The van der Waals surface area contributed by atoms with Gasteiger partial charge in [0.05, 0.1) is 12.2 Å². The Balaban J connectivity index is 2.48. The largest absolute Gasteiger partial charge is 0.385 e. The van der Waals surface area contributed by atoms with E-state index in [0.29, 0.717) is 18.1 Å². The van der Waals surface area contributed by atoms with E-state index < -0.39 is 5.60 Å². The highest BCUT2D eigenvalue weighted by molar-refractivity contribution is 6.31. The zero-order valence-electron chi connectivity index (χ0n) is 10.4. The van der Waals surface area contributed by atoms with Gasteiger partial charge < -0.3 is 15.2 Å². The molecule has 0 heterocycles. The van der Waals surface area contributed by atoms with Crippen LogP contribution in [0.25, 0.3) is 0 Å². The molecule has 0 aliphatic rings. The van der Waals surface area contributed by atoms with Crippen molar-refractivity contribution >= 4 is 11.6 Å². The van der Waals surface area contributed by atoms with Crippen LogP contribution in [0.5, 0.6) is 0 Å². The van der Waals surface area contributed by atoms with Crippen LogP contribution in [-0.2, 0) is 10.3 Å². The van der Waals surface area contributed by atoms with Crippen LogP contribution in [0.2, 0.25) is 5.02 Å². The number of rotatable bonds is 7. The lowest BCUT2D eigenvalue weighted by molar-refractivity contribution is 0.0476. The number of aliphatic hydroxyl groups is 1. The highest BCUT2D eigenvalue weighted by Gasteiger charge is 2.24. The van der Waals surface area contributed by atoms with Gasteiger partial charge in [0.2, 0.25) is 0 Å². The number of halogens is 1. The van der Waals surface area contributed by atoms with Crippen molar-refractivity contribution in [2.75, 3.05) is 26.8 Å².